The lowest BCUT2D eigenvalue weighted by atomic mass is 10.2. The molecule has 0 aliphatic heterocycles. The molecule has 1 heterocycles. The largest absolute Gasteiger partial charge is 0.348 e. The maximum Gasteiger partial charge on any atom is 0.254 e. The number of carbonyl (C=O) groups excluding carboxylic acids is 1. The van der Waals surface area contributed by atoms with Crippen LogP contribution in [0.15, 0.2) is 16.7 Å². The average molecular weight is 303 g/mol. The predicted molar refractivity (Wildman–Crippen MR) is 64.1 cm³/mol. The van der Waals surface area contributed by atoms with Crippen LogP contribution in [0.25, 0.3) is 0 Å². The quantitative estimate of drug-likeness (QED) is 0.873. The molecular weight excluding hydrogens is 293 g/mol. The molecule has 1 aromatic heterocycles. The number of halogens is 2. The van der Waals surface area contributed by atoms with Gasteiger partial charge in [-0.25, -0.2) is 4.98 Å². The van der Waals surface area contributed by atoms with Gasteiger partial charge in [0.05, 0.1) is 18.1 Å². The number of nitriles is 1. The minimum absolute atomic E-state index is 0.143. The first-order valence-corrected chi connectivity index (χ1v) is 5.70. The molecule has 1 atom stereocenters. The highest BCUT2D eigenvalue weighted by atomic mass is 79.9. The van der Waals surface area contributed by atoms with Crippen molar-refractivity contribution in [3.8, 4) is 6.07 Å². The van der Waals surface area contributed by atoms with E-state index in [1.807, 2.05) is 6.07 Å². The van der Waals surface area contributed by atoms with Crippen LogP contribution in [0.2, 0.25) is 5.15 Å². The van der Waals surface area contributed by atoms with Gasteiger partial charge >= 0.3 is 0 Å². The molecule has 0 spiro atoms. The average Bonchev–Trinajstić information content (AvgIpc) is 2.21. The third-order valence-corrected chi connectivity index (χ3v) is 2.56. The van der Waals surface area contributed by atoms with E-state index in [0.717, 1.165) is 0 Å². The summed E-state index contributed by atoms with van der Waals surface area (Å²) < 4.78 is 0.676. The van der Waals surface area contributed by atoms with E-state index in [1.165, 1.54) is 6.20 Å². The normalized spacial score (nSPS) is 11.6. The Morgan fingerprint density at radius 2 is 2.50 bits per heavy atom. The maximum atomic E-state index is 11.7. The van der Waals surface area contributed by atoms with E-state index >= 15 is 0 Å². The lowest BCUT2D eigenvalue weighted by Gasteiger charge is -2.10. The Labute approximate surface area is 107 Å². The van der Waals surface area contributed by atoms with E-state index in [2.05, 4.69) is 26.2 Å². The van der Waals surface area contributed by atoms with Gasteiger partial charge in [0.1, 0.15) is 5.15 Å². The Hall–Kier alpha value is -1.12. The summed E-state index contributed by atoms with van der Waals surface area (Å²) in [4.78, 5) is 15.6. The summed E-state index contributed by atoms with van der Waals surface area (Å²) in [6.45, 7) is 1.75. The van der Waals surface area contributed by atoms with Gasteiger partial charge in [-0.05, 0) is 28.9 Å². The van der Waals surface area contributed by atoms with E-state index in [4.69, 9.17) is 16.9 Å². The molecule has 1 aromatic rings. The molecule has 1 amide bonds. The van der Waals surface area contributed by atoms with Crippen molar-refractivity contribution in [2.24, 2.45) is 0 Å². The van der Waals surface area contributed by atoms with Crippen molar-refractivity contribution in [1.29, 1.82) is 5.26 Å². The second kappa shape index (κ2) is 5.83. The smallest absolute Gasteiger partial charge is 0.254 e. The van der Waals surface area contributed by atoms with Crippen LogP contribution < -0.4 is 5.32 Å². The molecule has 1 unspecified atom stereocenters. The second-order valence-electron chi connectivity index (χ2n) is 3.23. The van der Waals surface area contributed by atoms with Gasteiger partial charge in [-0.1, -0.05) is 11.6 Å². The molecule has 0 radical (unpaired) electrons. The van der Waals surface area contributed by atoms with Crippen LogP contribution in [0.5, 0.6) is 0 Å². The highest BCUT2D eigenvalue weighted by Crippen LogP contribution is 2.18. The van der Waals surface area contributed by atoms with Crippen molar-refractivity contribution in [3.63, 3.8) is 0 Å². The number of amides is 1. The van der Waals surface area contributed by atoms with Crippen molar-refractivity contribution in [1.82, 2.24) is 10.3 Å². The fourth-order valence-electron chi connectivity index (χ4n) is 1.07. The molecule has 0 saturated carbocycles. The monoisotopic (exact) mass is 301 g/mol. The number of nitrogens with one attached hydrogen (secondary N) is 1. The number of carbonyl (C=O) groups is 1. The van der Waals surface area contributed by atoms with E-state index in [9.17, 15) is 4.79 Å². The summed E-state index contributed by atoms with van der Waals surface area (Å²) in [5.41, 5.74) is 0.292. The van der Waals surface area contributed by atoms with Crippen LogP contribution in [0.1, 0.15) is 23.7 Å². The fourth-order valence-corrected chi connectivity index (χ4v) is 1.59. The molecule has 0 aliphatic rings. The molecule has 1 rings (SSSR count). The Kier molecular flexibility index (Phi) is 4.71. The van der Waals surface area contributed by atoms with Gasteiger partial charge in [0.25, 0.3) is 5.91 Å². The summed E-state index contributed by atoms with van der Waals surface area (Å²) in [6, 6.07) is 3.35. The SMILES string of the molecule is CC(CC#N)NC(=O)c1cc(Br)cnc1Cl. The zero-order valence-corrected chi connectivity index (χ0v) is 10.8. The van der Waals surface area contributed by atoms with Crippen molar-refractivity contribution in [2.45, 2.75) is 19.4 Å². The first kappa shape index (κ1) is 12.9. The third-order valence-electron chi connectivity index (χ3n) is 1.83. The lowest BCUT2D eigenvalue weighted by molar-refractivity contribution is 0.0940. The van der Waals surface area contributed by atoms with Gasteiger partial charge in [0.15, 0.2) is 0 Å². The topological polar surface area (TPSA) is 65.8 Å². The second-order valence-corrected chi connectivity index (χ2v) is 4.50. The first-order chi connectivity index (χ1) is 7.54. The van der Waals surface area contributed by atoms with Gasteiger partial charge in [0.2, 0.25) is 0 Å². The van der Waals surface area contributed by atoms with Crippen molar-refractivity contribution >= 4 is 33.4 Å². The minimum atomic E-state index is -0.332. The highest BCUT2D eigenvalue weighted by molar-refractivity contribution is 9.10. The van der Waals surface area contributed by atoms with Crippen LogP contribution in [-0.2, 0) is 0 Å². The number of aromatic nitrogens is 1. The number of pyridine rings is 1. The molecule has 0 fully saturated rings. The molecule has 0 aromatic carbocycles. The van der Waals surface area contributed by atoms with Gasteiger partial charge in [-0.15, -0.1) is 0 Å². The zero-order valence-electron chi connectivity index (χ0n) is 8.50. The molecule has 0 bridgehead atoms. The van der Waals surface area contributed by atoms with Crippen molar-refractivity contribution in [2.75, 3.05) is 0 Å². The lowest BCUT2D eigenvalue weighted by Crippen LogP contribution is -2.32. The highest BCUT2D eigenvalue weighted by Gasteiger charge is 2.14. The molecule has 84 valence electrons. The van der Waals surface area contributed by atoms with Crippen molar-refractivity contribution < 1.29 is 4.79 Å². The standard InChI is InChI=1S/C10H9BrClN3O/c1-6(2-3-13)15-10(16)8-4-7(11)5-14-9(8)12/h4-6H,2H2,1H3,(H,15,16). The summed E-state index contributed by atoms with van der Waals surface area (Å²) in [7, 11) is 0. The predicted octanol–water partition coefficient (Wildman–Crippen LogP) is 2.53. The van der Waals surface area contributed by atoms with E-state index in [1.54, 1.807) is 13.0 Å². The van der Waals surface area contributed by atoms with Crippen molar-refractivity contribution in [3.05, 3.63) is 27.5 Å². The van der Waals surface area contributed by atoms with Crippen LogP contribution >= 0.6 is 27.5 Å². The molecule has 16 heavy (non-hydrogen) atoms. The molecule has 1 N–H and O–H groups in total. The Morgan fingerprint density at radius 1 is 1.81 bits per heavy atom. The number of hydrogen-bond donors (Lipinski definition) is 1. The van der Waals surface area contributed by atoms with Gasteiger partial charge in [-0.3, -0.25) is 4.79 Å². The molecule has 0 saturated heterocycles. The number of rotatable bonds is 3. The van der Waals surface area contributed by atoms with Crippen LogP contribution in [0.4, 0.5) is 0 Å². The van der Waals surface area contributed by atoms with Gasteiger partial charge in [-0.2, -0.15) is 5.26 Å². The summed E-state index contributed by atoms with van der Waals surface area (Å²) >= 11 is 9.00. The van der Waals surface area contributed by atoms with Crippen LogP contribution in [0, 0.1) is 11.3 Å². The zero-order chi connectivity index (χ0) is 12.1. The van der Waals surface area contributed by atoms with E-state index < -0.39 is 0 Å². The summed E-state index contributed by atoms with van der Waals surface area (Å²) in [5, 5.41) is 11.3. The Bertz CT molecular complexity index is 444. The number of nitrogens with zero attached hydrogens (tertiary/aromatic N) is 2. The Morgan fingerprint density at radius 3 is 3.12 bits per heavy atom. The summed E-state index contributed by atoms with van der Waals surface area (Å²) in [6.07, 6.45) is 1.77. The molecule has 4 nitrogen and oxygen atoms in total. The molecule has 6 heteroatoms. The Balaban J connectivity index is 2.81. The fraction of sp³-hybridized carbons (Fsp3) is 0.300. The first-order valence-electron chi connectivity index (χ1n) is 4.53. The molecular formula is C10H9BrClN3O. The summed E-state index contributed by atoms with van der Waals surface area (Å²) in [5.74, 6) is -0.332. The molecule has 0 aliphatic carbocycles. The van der Waals surface area contributed by atoms with E-state index in [0.29, 0.717) is 10.0 Å². The van der Waals surface area contributed by atoms with Crippen LogP contribution in [0.3, 0.4) is 0 Å². The van der Waals surface area contributed by atoms with Gasteiger partial charge in [0, 0.05) is 16.7 Å². The third kappa shape index (κ3) is 3.47. The van der Waals surface area contributed by atoms with Gasteiger partial charge < -0.3 is 5.32 Å². The van der Waals surface area contributed by atoms with E-state index in [-0.39, 0.29) is 23.5 Å². The van der Waals surface area contributed by atoms with Crippen LogP contribution in [-0.4, -0.2) is 16.9 Å². The maximum absolute atomic E-state index is 11.7. The number of hydrogen-bond acceptors (Lipinski definition) is 3. The minimum Gasteiger partial charge on any atom is -0.348 e.